The first-order valence-electron chi connectivity index (χ1n) is 10.1. The molecule has 0 radical (unpaired) electrons. The third-order valence-electron chi connectivity index (χ3n) is 4.77. The minimum absolute atomic E-state index is 0.0286. The second-order valence-corrected chi connectivity index (χ2v) is 10.4. The predicted molar refractivity (Wildman–Crippen MR) is 119 cm³/mol. The molecule has 0 heterocycles. The zero-order valence-electron chi connectivity index (χ0n) is 18.2. The Morgan fingerprint density at radius 2 is 1.67 bits per heavy atom. The van der Waals surface area contributed by atoms with Crippen LogP contribution in [0.3, 0.4) is 0 Å². The van der Waals surface area contributed by atoms with Crippen LogP contribution in [0.15, 0.2) is 47.4 Å². The number of carbonyl (C=O) groups is 1. The SMILES string of the molecule is CC(C)Cc1ccc([C@@H](NCC(=O)Nc2cc(S(C)(=O)=O)ccc2F)C(C)C)cc1. The van der Waals surface area contributed by atoms with Crippen molar-refractivity contribution in [3.63, 3.8) is 0 Å². The van der Waals surface area contributed by atoms with Gasteiger partial charge in [0.15, 0.2) is 9.84 Å². The van der Waals surface area contributed by atoms with Crippen LogP contribution in [0.25, 0.3) is 0 Å². The number of hydrogen-bond acceptors (Lipinski definition) is 4. The smallest absolute Gasteiger partial charge is 0.238 e. The van der Waals surface area contributed by atoms with Crippen molar-refractivity contribution in [3.8, 4) is 0 Å². The highest BCUT2D eigenvalue weighted by Gasteiger charge is 2.18. The van der Waals surface area contributed by atoms with E-state index in [0.29, 0.717) is 5.92 Å². The summed E-state index contributed by atoms with van der Waals surface area (Å²) in [6, 6.07) is 11.7. The van der Waals surface area contributed by atoms with E-state index in [1.807, 2.05) is 0 Å². The van der Waals surface area contributed by atoms with Crippen molar-refractivity contribution < 1.29 is 17.6 Å². The fourth-order valence-corrected chi connectivity index (χ4v) is 3.95. The lowest BCUT2D eigenvalue weighted by Crippen LogP contribution is -2.33. The van der Waals surface area contributed by atoms with Gasteiger partial charge in [-0.15, -0.1) is 0 Å². The van der Waals surface area contributed by atoms with Gasteiger partial charge in [-0.25, -0.2) is 12.8 Å². The molecule has 2 aromatic carbocycles. The van der Waals surface area contributed by atoms with Gasteiger partial charge in [0.05, 0.1) is 17.1 Å². The molecule has 1 atom stereocenters. The van der Waals surface area contributed by atoms with E-state index in [1.54, 1.807) is 0 Å². The normalized spacial score (nSPS) is 12.9. The molecule has 0 aliphatic carbocycles. The van der Waals surface area contributed by atoms with E-state index in [4.69, 9.17) is 0 Å². The molecular weight excluding hydrogens is 403 g/mol. The molecule has 0 aliphatic heterocycles. The van der Waals surface area contributed by atoms with Gasteiger partial charge in [0.1, 0.15) is 5.82 Å². The monoisotopic (exact) mass is 434 g/mol. The molecule has 0 aromatic heterocycles. The van der Waals surface area contributed by atoms with Crippen LogP contribution in [-0.2, 0) is 21.1 Å². The maximum atomic E-state index is 14.0. The van der Waals surface area contributed by atoms with Crippen molar-refractivity contribution in [1.82, 2.24) is 5.32 Å². The summed E-state index contributed by atoms with van der Waals surface area (Å²) in [6.45, 7) is 8.46. The van der Waals surface area contributed by atoms with Crippen LogP contribution in [0.4, 0.5) is 10.1 Å². The molecule has 5 nitrogen and oxygen atoms in total. The van der Waals surface area contributed by atoms with Gasteiger partial charge >= 0.3 is 0 Å². The number of anilines is 1. The van der Waals surface area contributed by atoms with Crippen molar-refractivity contribution >= 4 is 21.4 Å². The number of hydrogen-bond donors (Lipinski definition) is 2. The number of rotatable bonds is 9. The minimum atomic E-state index is -3.50. The highest BCUT2D eigenvalue weighted by atomic mass is 32.2. The largest absolute Gasteiger partial charge is 0.322 e. The van der Waals surface area contributed by atoms with Crippen LogP contribution in [0.1, 0.15) is 44.9 Å². The van der Waals surface area contributed by atoms with E-state index in [1.165, 1.54) is 11.6 Å². The lowest BCUT2D eigenvalue weighted by atomic mass is 9.93. The molecule has 164 valence electrons. The van der Waals surface area contributed by atoms with Crippen LogP contribution in [-0.4, -0.2) is 27.1 Å². The molecule has 1 amide bonds. The fourth-order valence-electron chi connectivity index (χ4n) is 3.30. The molecule has 0 saturated heterocycles. The summed E-state index contributed by atoms with van der Waals surface area (Å²) in [5.41, 5.74) is 2.20. The Balaban J connectivity index is 2.06. The Hall–Kier alpha value is -2.25. The molecule has 0 spiro atoms. The second kappa shape index (κ2) is 10.2. The first-order chi connectivity index (χ1) is 14.0. The highest BCUT2D eigenvalue weighted by molar-refractivity contribution is 7.90. The zero-order valence-corrected chi connectivity index (χ0v) is 19.0. The average molecular weight is 435 g/mol. The van der Waals surface area contributed by atoms with Crippen molar-refractivity contribution in [1.29, 1.82) is 0 Å². The molecule has 0 saturated carbocycles. The minimum Gasteiger partial charge on any atom is -0.322 e. The van der Waals surface area contributed by atoms with E-state index in [9.17, 15) is 17.6 Å². The molecule has 30 heavy (non-hydrogen) atoms. The molecule has 7 heteroatoms. The number of halogens is 1. The molecule has 2 aromatic rings. The molecule has 0 unspecified atom stereocenters. The summed E-state index contributed by atoms with van der Waals surface area (Å²) in [4.78, 5) is 12.3. The van der Waals surface area contributed by atoms with Crippen LogP contribution in [0.2, 0.25) is 0 Å². The van der Waals surface area contributed by atoms with E-state index >= 15 is 0 Å². The van der Waals surface area contributed by atoms with Gasteiger partial charge in [0.2, 0.25) is 5.91 Å². The van der Waals surface area contributed by atoms with Crippen LogP contribution in [0.5, 0.6) is 0 Å². The Morgan fingerprint density at radius 3 is 2.20 bits per heavy atom. The van der Waals surface area contributed by atoms with Crippen molar-refractivity contribution in [3.05, 3.63) is 59.4 Å². The lowest BCUT2D eigenvalue weighted by Gasteiger charge is -2.23. The van der Waals surface area contributed by atoms with Crippen molar-refractivity contribution in [2.45, 2.75) is 45.1 Å². The van der Waals surface area contributed by atoms with Crippen LogP contribution in [0, 0.1) is 17.7 Å². The van der Waals surface area contributed by atoms with Crippen molar-refractivity contribution in [2.24, 2.45) is 11.8 Å². The summed E-state index contributed by atoms with van der Waals surface area (Å²) < 4.78 is 37.3. The number of benzene rings is 2. The van der Waals surface area contributed by atoms with Gasteiger partial charge in [-0.05, 0) is 47.6 Å². The lowest BCUT2D eigenvalue weighted by molar-refractivity contribution is -0.115. The standard InChI is InChI=1S/C23H31FN2O3S/c1-15(2)12-17-6-8-18(9-7-17)23(16(3)4)25-14-22(27)26-21-13-19(30(5,28)29)10-11-20(21)24/h6-11,13,15-16,23,25H,12,14H2,1-5H3,(H,26,27)/t23-/m0/s1. The summed E-state index contributed by atoms with van der Waals surface area (Å²) in [6.07, 6.45) is 2.05. The number of nitrogens with one attached hydrogen (secondary N) is 2. The van der Waals surface area contributed by atoms with E-state index < -0.39 is 21.6 Å². The third kappa shape index (κ3) is 6.92. The van der Waals surface area contributed by atoms with Crippen LogP contribution < -0.4 is 10.6 Å². The van der Waals surface area contributed by atoms with Gasteiger partial charge in [-0.3, -0.25) is 4.79 Å². The Labute approximate surface area is 179 Å². The second-order valence-electron chi connectivity index (χ2n) is 8.40. The maximum Gasteiger partial charge on any atom is 0.238 e. The number of sulfone groups is 1. The first kappa shape index (κ1) is 24.0. The Morgan fingerprint density at radius 1 is 1.03 bits per heavy atom. The number of amides is 1. The quantitative estimate of drug-likeness (QED) is 0.575. The topological polar surface area (TPSA) is 75.3 Å². The van der Waals surface area contributed by atoms with Crippen molar-refractivity contribution in [2.75, 3.05) is 18.1 Å². The molecule has 0 aliphatic rings. The summed E-state index contributed by atoms with van der Waals surface area (Å²) in [5, 5.41) is 5.69. The van der Waals surface area contributed by atoms with E-state index in [2.05, 4.69) is 62.6 Å². The van der Waals surface area contributed by atoms with Gasteiger partial charge in [-0.2, -0.15) is 0 Å². The van der Waals surface area contributed by atoms with Gasteiger partial charge in [0, 0.05) is 12.3 Å². The van der Waals surface area contributed by atoms with E-state index in [-0.39, 0.29) is 29.1 Å². The Kier molecular flexibility index (Phi) is 8.15. The summed E-state index contributed by atoms with van der Waals surface area (Å²) in [7, 11) is -3.50. The average Bonchev–Trinajstić information content (AvgIpc) is 2.63. The fraction of sp³-hybridized carbons (Fsp3) is 0.435. The number of carbonyl (C=O) groups excluding carboxylic acids is 1. The van der Waals surface area contributed by atoms with Crippen LogP contribution >= 0.6 is 0 Å². The Bertz CT molecular complexity index is 970. The zero-order chi connectivity index (χ0) is 22.5. The van der Waals surface area contributed by atoms with Gasteiger partial charge in [0.25, 0.3) is 0 Å². The summed E-state index contributed by atoms with van der Waals surface area (Å²) in [5.74, 6) is -0.308. The molecular formula is C23H31FN2O3S. The molecule has 0 bridgehead atoms. The van der Waals surface area contributed by atoms with E-state index in [0.717, 1.165) is 30.4 Å². The molecule has 0 fully saturated rings. The maximum absolute atomic E-state index is 14.0. The third-order valence-corrected chi connectivity index (χ3v) is 5.88. The molecule has 2 rings (SSSR count). The van der Waals surface area contributed by atoms with Gasteiger partial charge < -0.3 is 10.6 Å². The molecule has 2 N–H and O–H groups in total. The highest BCUT2D eigenvalue weighted by Crippen LogP contribution is 2.23. The predicted octanol–water partition coefficient (Wildman–Crippen LogP) is 4.35. The first-order valence-corrected chi connectivity index (χ1v) is 12.0. The summed E-state index contributed by atoms with van der Waals surface area (Å²) >= 11 is 0. The van der Waals surface area contributed by atoms with Gasteiger partial charge in [-0.1, -0.05) is 52.0 Å².